The van der Waals surface area contributed by atoms with E-state index in [9.17, 15) is 4.79 Å². The molecule has 0 aliphatic rings. The van der Waals surface area contributed by atoms with E-state index in [4.69, 9.17) is 23.2 Å². The van der Waals surface area contributed by atoms with E-state index in [1.807, 2.05) is 32.9 Å². The standard InChI is InChI=1S/C13H16Cl2O/c1-13(2,3)11(16)8-7-9-5-4-6-10(14)12(9)15/h4-6H,7-8H2,1-3H3. The van der Waals surface area contributed by atoms with Gasteiger partial charge in [0.25, 0.3) is 0 Å². The summed E-state index contributed by atoms with van der Waals surface area (Å²) in [6.07, 6.45) is 1.15. The third-order valence-corrected chi connectivity index (χ3v) is 3.35. The van der Waals surface area contributed by atoms with Crippen molar-refractivity contribution in [2.75, 3.05) is 0 Å². The summed E-state index contributed by atoms with van der Waals surface area (Å²) in [5, 5.41) is 1.10. The van der Waals surface area contributed by atoms with Crippen LogP contribution in [-0.4, -0.2) is 5.78 Å². The van der Waals surface area contributed by atoms with Gasteiger partial charge in [-0.25, -0.2) is 0 Å². The van der Waals surface area contributed by atoms with Crippen molar-refractivity contribution in [2.24, 2.45) is 5.41 Å². The maximum absolute atomic E-state index is 11.8. The number of hydrogen-bond acceptors (Lipinski definition) is 1. The second kappa shape index (κ2) is 5.20. The third-order valence-electron chi connectivity index (χ3n) is 2.49. The number of aryl methyl sites for hydroxylation is 1. The Kier molecular flexibility index (Phi) is 4.40. The van der Waals surface area contributed by atoms with Crippen LogP contribution in [0.15, 0.2) is 18.2 Å². The lowest BCUT2D eigenvalue weighted by molar-refractivity contribution is -0.126. The number of hydrogen-bond donors (Lipinski definition) is 0. The van der Waals surface area contributed by atoms with Gasteiger partial charge in [-0.3, -0.25) is 4.79 Å². The van der Waals surface area contributed by atoms with E-state index in [1.54, 1.807) is 6.07 Å². The lowest BCUT2D eigenvalue weighted by atomic mass is 9.87. The molecule has 0 bridgehead atoms. The summed E-state index contributed by atoms with van der Waals surface area (Å²) in [7, 11) is 0. The molecule has 0 saturated heterocycles. The second-order valence-electron chi connectivity index (χ2n) is 4.89. The third kappa shape index (κ3) is 3.50. The minimum atomic E-state index is -0.287. The Labute approximate surface area is 107 Å². The summed E-state index contributed by atoms with van der Waals surface area (Å²) in [4.78, 5) is 11.8. The van der Waals surface area contributed by atoms with Gasteiger partial charge in [0.1, 0.15) is 5.78 Å². The van der Waals surface area contributed by atoms with E-state index in [2.05, 4.69) is 0 Å². The maximum Gasteiger partial charge on any atom is 0.138 e. The van der Waals surface area contributed by atoms with E-state index >= 15 is 0 Å². The second-order valence-corrected chi connectivity index (χ2v) is 5.67. The van der Waals surface area contributed by atoms with Gasteiger partial charge in [0.2, 0.25) is 0 Å². The molecule has 0 radical (unpaired) electrons. The first-order valence-electron chi connectivity index (χ1n) is 5.28. The van der Waals surface area contributed by atoms with Crippen molar-refractivity contribution in [1.82, 2.24) is 0 Å². The van der Waals surface area contributed by atoms with Crippen LogP contribution >= 0.6 is 23.2 Å². The van der Waals surface area contributed by atoms with Crippen molar-refractivity contribution in [3.8, 4) is 0 Å². The molecule has 0 atom stereocenters. The van der Waals surface area contributed by atoms with Crippen LogP contribution in [0.1, 0.15) is 32.8 Å². The van der Waals surface area contributed by atoms with Crippen LogP contribution in [0.25, 0.3) is 0 Å². The summed E-state index contributed by atoms with van der Waals surface area (Å²) in [5.41, 5.74) is 0.650. The van der Waals surface area contributed by atoms with E-state index in [0.29, 0.717) is 22.9 Å². The quantitative estimate of drug-likeness (QED) is 0.778. The molecule has 0 spiro atoms. The van der Waals surface area contributed by atoms with Crippen LogP contribution in [0.2, 0.25) is 10.0 Å². The predicted octanol–water partition coefficient (Wildman–Crippen LogP) is 4.54. The van der Waals surface area contributed by atoms with E-state index < -0.39 is 0 Å². The zero-order valence-electron chi connectivity index (χ0n) is 9.81. The van der Waals surface area contributed by atoms with Crippen molar-refractivity contribution in [3.63, 3.8) is 0 Å². The maximum atomic E-state index is 11.8. The van der Waals surface area contributed by atoms with Crippen molar-refractivity contribution in [1.29, 1.82) is 0 Å². The Morgan fingerprint density at radius 2 is 1.88 bits per heavy atom. The largest absolute Gasteiger partial charge is 0.299 e. The van der Waals surface area contributed by atoms with E-state index in [0.717, 1.165) is 5.56 Å². The molecule has 0 fully saturated rings. The topological polar surface area (TPSA) is 17.1 Å². The summed E-state index contributed by atoms with van der Waals surface area (Å²) >= 11 is 11.9. The fourth-order valence-electron chi connectivity index (χ4n) is 1.36. The first-order chi connectivity index (χ1) is 7.32. The lowest BCUT2D eigenvalue weighted by Crippen LogP contribution is -2.20. The molecule has 0 aromatic heterocycles. The Bertz CT molecular complexity index is 391. The molecule has 0 saturated carbocycles. The molecule has 0 amide bonds. The number of carbonyl (C=O) groups is 1. The monoisotopic (exact) mass is 258 g/mol. The Hall–Kier alpha value is -0.530. The highest BCUT2D eigenvalue weighted by Gasteiger charge is 2.20. The van der Waals surface area contributed by atoms with Crippen LogP contribution in [0.3, 0.4) is 0 Å². The van der Waals surface area contributed by atoms with E-state index in [1.165, 1.54) is 0 Å². The van der Waals surface area contributed by atoms with Gasteiger partial charge in [0, 0.05) is 11.8 Å². The average molecular weight is 259 g/mol. The Balaban J connectivity index is 2.69. The molecule has 0 N–H and O–H groups in total. The molecule has 88 valence electrons. The van der Waals surface area contributed by atoms with Crippen LogP contribution in [-0.2, 0) is 11.2 Å². The molecule has 0 unspecified atom stereocenters. The van der Waals surface area contributed by atoms with Crippen molar-refractivity contribution in [2.45, 2.75) is 33.6 Å². The van der Waals surface area contributed by atoms with Crippen LogP contribution in [0.4, 0.5) is 0 Å². The molecule has 1 aromatic carbocycles. The molecule has 0 heterocycles. The van der Waals surface area contributed by atoms with Gasteiger partial charge >= 0.3 is 0 Å². The van der Waals surface area contributed by atoms with E-state index in [-0.39, 0.29) is 11.2 Å². The highest BCUT2D eigenvalue weighted by Crippen LogP contribution is 2.27. The van der Waals surface area contributed by atoms with Gasteiger partial charge in [-0.1, -0.05) is 56.1 Å². The van der Waals surface area contributed by atoms with Crippen molar-refractivity contribution < 1.29 is 4.79 Å². The molecule has 1 rings (SSSR count). The van der Waals surface area contributed by atoms with Gasteiger partial charge in [0.05, 0.1) is 10.0 Å². The Morgan fingerprint density at radius 3 is 2.44 bits per heavy atom. The molecular formula is C13H16Cl2O. The summed E-state index contributed by atoms with van der Waals surface area (Å²) in [5.74, 6) is 0.239. The van der Waals surface area contributed by atoms with Gasteiger partial charge in [-0.2, -0.15) is 0 Å². The minimum Gasteiger partial charge on any atom is -0.299 e. The Morgan fingerprint density at radius 1 is 1.25 bits per heavy atom. The normalized spacial score (nSPS) is 11.6. The summed E-state index contributed by atoms with van der Waals surface area (Å²) in [6, 6.07) is 5.51. The zero-order valence-corrected chi connectivity index (χ0v) is 11.3. The molecular weight excluding hydrogens is 243 g/mol. The first kappa shape index (κ1) is 13.5. The number of Topliss-reactive ketones (excluding diaryl/α,β-unsaturated/α-hetero) is 1. The minimum absolute atomic E-state index is 0.239. The lowest BCUT2D eigenvalue weighted by Gasteiger charge is -2.16. The molecule has 0 aliphatic heterocycles. The molecule has 1 nitrogen and oxygen atoms in total. The average Bonchev–Trinajstić information content (AvgIpc) is 2.18. The molecule has 0 aliphatic carbocycles. The SMILES string of the molecule is CC(C)(C)C(=O)CCc1cccc(Cl)c1Cl. The summed E-state index contributed by atoms with van der Waals surface area (Å²) in [6.45, 7) is 5.78. The van der Waals surface area contributed by atoms with Gasteiger partial charge < -0.3 is 0 Å². The molecule has 16 heavy (non-hydrogen) atoms. The fraction of sp³-hybridized carbons (Fsp3) is 0.462. The van der Waals surface area contributed by atoms with Crippen molar-refractivity contribution in [3.05, 3.63) is 33.8 Å². The number of benzene rings is 1. The van der Waals surface area contributed by atoms with Crippen molar-refractivity contribution >= 4 is 29.0 Å². The number of rotatable bonds is 3. The first-order valence-corrected chi connectivity index (χ1v) is 6.04. The predicted molar refractivity (Wildman–Crippen MR) is 69.2 cm³/mol. The molecule has 1 aromatic rings. The highest BCUT2D eigenvalue weighted by atomic mass is 35.5. The summed E-state index contributed by atoms with van der Waals surface area (Å²) < 4.78 is 0. The van der Waals surface area contributed by atoms with Crippen LogP contribution in [0.5, 0.6) is 0 Å². The smallest absolute Gasteiger partial charge is 0.138 e. The highest BCUT2D eigenvalue weighted by molar-refractivity contribution is 6.42. The number of ketones is 1. The zero-order chi connectivity index (χ0) is 12.3. The van der Waals surface area contributed by atoms with Gasteiger partial charge in [0.15, 0.2) is 0 Å². The van der Waals surface area contributed by atoms with Crippen LogP contribution in [0, 0.1) is 5.41 Å². The van der Waals surface area contributed by atoms with Gasteiger partial charge in [-0.15, -0.1) is 0 Å². The van der Waals surface area contributed by atoms with Crippen LogP contribution < -0.4 is 0 Å². The number of carbonyl (C=O) groups excluding carboxylic acids is 1. The van der Waals surface area contributed by atoms with Gasteiger partial charge in [-0.05, 0) is 18.1 Å². The molecule has 3 heteroatoms. The fourth-order valence-corrected chi connectivity index (χ4v) is 1.78. The number of halogens is 2.